The summed E-state index contributed by atoms with van der Waals surface area (Å²) in [6, 6.07) is 23.0. The zero-order valence-corrected chi connectivity index (χ0v) is 24.5. The number of anilines is 1. The summed E-state index contributed by atoms with van der Waals surface area (Å²) in [7, 11) is 0. The van der Waals surface area contributed by atoms with Crippen molar-refractivity contribution < 1.29 is 19.1 Å². The van der Waals surface area contributed by atoms with E-state index in [4.69, 9.17) is 4.74 Å². The Hall–Kier alpha value is -5.06. The Morgan fingerprint density at radius 3 is 2.44 bits per heavy atom. The number of nitrogens with one attached hydrogen (secondary N) is 3. The lowest BCUT2D eigenvalue weighted by atomic mass is 9.98. The van der Waals surface area contributed by atoms with Gasteiger partial charge in [-0.2, -0.15) is 5.21 Å². The molecular weight excluding hydrogens is 546 g/mol. The number of nitrogens with zero attached hydrogens (tertiary/aromatic N) is 4. The van der Waals surface area contributed by atoms with Gasteiger partial charge in [0.1, 0.15) is 11.6 Å². The molecule has 5 rings (SSSR count). The van der Waals surface area contributed by atoms with E-state index in [1.54, 1.807) is 25.7 Å². The molecule has 11 nitrogen and oxygen atoms in total. The van der Waals surface area contributed by atoms with Crippen molar-refractivity contribution in [2.75, 3.05) is 11.4 Å². The number of carbonyl (C=O) groups excluding carboxylic acids is 3. The summed E-state index contributed by atoms with van der Waals surface area (Å²) in [5.41, 5.74) is 5.01. The lowest BCUT2D eigenvalue weighted by molar-refractivity contribution is -0.127. The quantitative estimate of drug-likeness (QED) is 0.280. The number of para-hydroxylation sites is 1. The number of carbonyl (C=O) groups is 3. The van der Waals surface area contributed by atoms with Gasteiger partial charge in [0.05, 0.1) is 6.54 Å². The number of tetrazole rings is 1. The third-order valence-electron chi connectivity index (χ3n) is 7.02. The van der Waals surface area contributed by atoms with Crippen molar-refractivity contribution in [3.8, 4) is 22.5 Å². The molecule has 0 spiro atoms. The third kappa shape index (κ3) is 7.42. The van der Waals surface area contributed by atoms with E-state index in [-0.39, 0.29) is 24.8 Å². The van der Waals surface area contributed by atoms with Gasteiger partial charge < -0.3 is 20.3 Å². The summed E-state index contributed by atoms with van der Waals surface area (Å²) in [4.78, 5) is 40.3. The van der Waals surface area contributed by atoms with Crippen LogP contribution in [0.1, 0.15) is 44.7 Å². The van der Waals surface area contributed by atoms with Crippen LogP contribution < -0.4 is 15.5 Å². The number of hydrogen-bond acceptors (Lipinski definition) is 7. The molecule has 0 fully saturated rings. The van der Waals surface area contributed by atoms with Gasteiger partial charge in [0, 0.05) is 24.2 Å². The van der Waals surface area contributed by atoms with E-state index >= 15 is 0 Å². The fraction of sp³-hybridized carbons (Fsp3) is 0.312. The van der Waals surface area contributed by atoms with Crippen LogP contribution in [0.4, 0.5) is 10.5 Å². The highest BCUT2D eigenvalue weighted by atomic mass is 16.6. The number of benzene rings is 3. The minimum atomic E-state index is -0.692. The highest BCUT2D eigenvalue weighted by Gasteiger charge is 2.31. The van der Waals surface area contributed by atoms with Crippen LogP contribution in [0.2, 0.25) is 0 Å². The number of hydrogen-bond donors (Lipinski definition) is 3. The van der Waals surface area contributed by atoms with E-state index in [0.717, 1.165) is 33.5 Å². The van der Waals surface area contributed by atoms with E-state index in [0.29, 0.717) is 25.2 Å². The first-order chi connectivity index (χ1) is 20.7. The molecule has 3 amide bonds. The largest absolute Gasteiger partial charge is 0.444 e. The predicted octanol–water partition coefficient (Wildman–Crippen LogP) is 4.41. The summed E-state index contributed by atoms with van der Waals surface area (Å²) in [6.45, 7) is 5.76. The molecule has 0 radical (unpaired) electrons. The molecule has 3 N–H and O–H groups in total. The van der Waals surface area contributed by atoms with Crippen LogP contribution in [-0.2, 0) is 27.3 Å². The van der Waals surface area contributed by atoms with Crippen molar-refractivity contribution in [2.45, 2.75) is 58.2 Å². The van der Waals surface area contributed by atoms with Crippen molar-refractivity contribution in [1.29, 1.82) is 0 Å². The van der Waals surface area contributed by atoms with Crippen LogP contribution in [0.25, 0.3) is 22.5 Å². The number of rotatable bonds is 8. The molecule has 11 heteroatoms. The molecule has 1 aliphatic heterocycles. The molecule has 2 heterocycles. The zero-order valence-electron chi connectivity index (χ0n) is 24.5. The van der Waals surface area contributed by atoms with Gasteiger partial charge in [0.2, 0.25) is 17.6 Å². The molecule has 0 saturated carbocycles. The number of fused-ring (bicyclic) bond motifs is 1. The highest BCUT2D eigenvalue weighted by Crippen LogP contribution is 2.32. The summed E-state index contributed by atoms with van der Waals surface area (Å²) in [6.07, 6.45) is 0.564. The van der Waals surface area contributed by atoms with E-state index in [1.165, 1.54) is 0 Å². The molecule has 3 aromatic carbocycles. The van der Waals surface area contributed by atoms with Gasteiger partial charge in [-0.05, 0) is 67.1 Å². The lowest BCUT2D eigenvalue weighted by Gasteiger charge is -2.26. The smallest absolute Gasteiger partial charge is 0.407 e. The Kier molecular flexibility index (Phi) is 8.79. The average Bonchev–Trinajstić information content (AvgIpc) is 3.49. The molecule has 0 bridgehead atoms. The molecule has 1 aromatic heterocycles. The van der Waals surface area contributed by atoms with Crippen molar-refractivity contribution in [1.82, 2.24) is 31.3 Å². The fourth-order valence-electron chi connectivity index (χ4n) is 5.05. The van der Waals surface area contributed by atoms with Gasteiger partial charge in [-0.3, -0.25) is 9.59 Å². The van der Waals surface area contributed by atoms with Gasteiger partial charge in [-0.1, -0.05) is 66.7 Å². The van der Waals surface area contributed by atoms with Crippen LogP contribution in [0, 0.1) is 0 Å². The Balaban J connectivity index is 1.29. The number of aromatic nitrogens is 4. The summed E-state index contributed by atoms with van der Waals surface area (Å²) >= 11 is 0. The molecular formula is C32H35N7O4. The number of ether oxygens (including phenoxy) is 1. The Bertz CT molecular complexity index is 1580. The Morgan fingerprint density at radius 1 is 1.00 bits per heavy atom. The standard InChI is InChI=1S/C32H35N7O4/c1-32(2,3)43-31(42)33-19-18-28(40)34-26-17-16-23-8-4-7-11-27(23)39(30(26)41)20-21-12-14-22(15-13-21)24-9-5-6-10-25(24)29-35-37-38-36-29/h4-15,26H,16-20H2,1-3H3,(H,33,42)(H,34,40)(H,35,36,37,38). The molecule has 4 aromatic rings. The fourth-order valence-corrected chi connectivity index (χ4v) is 5.05. The average molecular weight is 582 g/mol. The molecule has 1 unspecified atom stereocenters. The van der Waals surface area contributed by atoms with Crippen molar-refractivity contribution in [3.63, 3.8) is 0 Å². The van der Waals surface area contributed by atoms with Crippen LogP contribution >= 0.6 is 0 Å². The van der Waals surface area contributed by atoms with Gasteiger partial charge in [-0.25, -0.2) is 4.79 Å². The second-order valence-electron chi connectivity index (χ2n) is 11.4. The monoisotopic (exact) mass is 581 g/mol. The molecule has 1 atom stereocenters. The summed E-state index contributed by atoms with van der Waals surface area (Å²) < 4.78 is 5.21. The van der Waals surface area contributed by atoms with Gasteiger partial charge >= 0.3 is 6.09 Å². The molecule has 222 valence electrons. The first-order valence-corrected chi connectivity index (χ1v) is 14.3. The summed E-state index contributed by atoms with van der Waals surface area (Å²) in [5, 5.41) is 19.9. The van der Waals surface area contributed by atoms with Crippen LogP contribution in [0.15, 0.2) is 72.8 Å². The van der Waals surface area contributed by atoms with E-state index < -0.39 is 17.7 Å². The minimum Gasteiger partial charge on any atom is -0.444 e. The maximum atomic E-state index is 13.8. The van der Waals surface area contributed by atoms with Gasteiger partial charge in [0.15, 0.2) is 0 Å². The minimum absolute atomic E-state index is 0.0305. The van der Waals surface area contributed by atoms with Crippen LogP contribution in [0.5, 0.6) is 0 Å². The van der Waals surface area contributed by atoms with Crippen molar-refractivity contribution in [2.24, 2.45) is 0 Å². The van der Waals surface area contributed by atoms with Crippen LogP contribution in [0.3, 0.4) is 0 Å². The molecule has 43 heavy (non-hydrogen) atoms. The SMILES string of the molecule is CC(C)(C)OC(=O)NCCC(=O)NC1CCc2ccccc2N(Cc2ccc(-c3ccccc3-c3nn[nH]n3)cc2)C1=O. The molecule has 0 aliphatic carbocycles. The van der Waals surface area contributed by atoms with Gasteiger partial charge in [-0.15, -0.1) is 10.2 Å². The van der Waals surface area contributed by atoms with Crippen LogP contribution in [-0.4, -0.2) is 56.7 Å². The highest BCUT2D eigenvalue weighted by molar-refractivity contribution is 6.00. The number of aromatic amines is 1. The lowest BCUT2D eigenvalue weighted by Crippen LogP contribution is -2.48. The normalized spacial score (nSPS) is 14.9. The summed E-state index contributed by atoms with van der Waals surface area (Å²) in [5.74, 6) is 0.0232. The maximum absolute atomic E-state index is 13.8. The first kappa shape index (κ1) is 29.4. The van der Waals surface area contributed by atoms with Gasteiger partial charge in [0.25, 0.3) is 0 Å². The second kappa shape index (κ2) is 12.8. The number of H-pyrrole nitrogens is 1. The Labute approximate surface area is 250 Å². The van der Waals surface area contributed by atoms with Crippen molar-refractivity contribution in [3.05, 3.63) is 83.9 Å². The van der Waals surface area contributed by atoms with Crippen molar-refractivity contribution >= 4 is 23.6 Å². The first-order valence-electron chi connectivity index (χ1n) is 14.3. The Morgan fingerprint density at radius 2 is 1.72 bits per heavy atom. The zero-order chi connectivity index (χ0) is 30.4. The predicted molar refractivity (Wildman–Crippen MR) is 162 cm³/mol. The third-order valence-corrected chi connectivity index (χ3v) is 7.02. The number of amides is 3. The second-order valence-corrected chi connectivity index (χ2v) is 11.4. The molecule has 0 saturated heterocycles. The van der Waals surface area contributed by atoms with E-state index in [2.05, 4.69) is 31.3 Å². The molecule has 1 aliphatic rings. The topological polar surface area (TPSA) is 142 Å². The maximum Gasteiger partial charge on any atom is 0.407 e. The van der Waals surface area contributed by atoms with E-state index in [9.17, 15) is 14.4 Å². The number of alkyl carbamates (subject to hydrolysis) is 1. The van der Waals surface area contributed by atoms with E-state index in [1.807, 2.05) is 72.8 Å². The number of aryl methyl sites for hydroxylation is 1.